The van der Waals surface area contributed by atoms with Crippen molar-refractivity contribution in [2.24, 2.45) is 0 Å². The number of hydrogen-bond acceptors (Lipinski definition) is 12. The molecule has 2 heterocycles. The maximum absolute atomic E-state index is 12.5. The zero-order valence-electron chi connectivity index (χ0n) is 27.7. The number of nitro benzene ring substituents is 1. The zero-order valence-corrected chi connectivity index (χ0v) is 28.5. The van der Waals surface area contributed by atoms with Crippen molar-refractivity contribution < 1.29 is 47.7 Å². The number of ether oxygens (including phenoxy) is 7. The Morgan fingerprint density at radius 2 is 1.72 bits per heavy atom. The third kappa shape index (κ3) is 17.0. The average molecular weight is 683 g/mol. The lowest BCUT2D eigenvalue weighted by Crippen LogP contribution is -2.43. The Bertz CT molecular complexity index is 1150. The standard InChI is InChI=1S/C33H50N2O11S/c1-25(2)26(3)9-8-13-43-18-19-45-30-21-27-23-47-24-28(33(37)40-4)34-32(36)10-14-44-16-15-41-11-6-5-7-12-42-17-20-46-31(30)22-29(27)35(38)39/h21-22,28H,1,3,5-20,23-24H2,2,4H3,(H,34,36). The maximum atomic E-state index is 12.5. The molecule has 47 heavy (non-hydrogen) atoms. The number of hydrogen-bond donors (Lipinski definition) is 1. The van der Waals surface area contributed by atoms with Crippen LogP contribution in [-0.2, 0) is 39.0 Å². The largest absolute Gasteiger partial charge is 0.487 e. The quantitative estimate of drug-likeness (QED) is 0.112. The summed E-state index contributed by atoms with van der Waals surface area (Å²) in [7, 11) is 1.23. The molecule has 2 aliphatic heterocycles. The van der Waals surface area contributed by atoms with Crippen LogP contribution < -0.4 is 14.8 Å². The first-order chi connectivity index (χ1) is 22.7. The topological polar surface area (TPSA) is 154 Å². The lowest BCUT2D eigenvalue weighted by atomic mass is 10.1. The number of nitrogens with one attached hydrogen (secondary N) is 1. The van der Waals surface area contributed by atoms with Crippen molar-refractivity contribution in [3.8, 4) is 11.5 Å². The molecule has 1 N–H and O–H groups in total. The van der Waals surface area contributed by atoms with Crippen LogP contribution in [-0.4, -0.2) is 102 Å². The highest BCUT2D eigenvalue weighted by Crippen LogP contribution is 2.37. The van der Waals surface area contributed by atoms with Crippen LogP contribution in [0.15, 0.2) is 36.4 Å². The molecule has 2 bridgehead atoms. The normalized spacial score (nSPS) is 18.1. The van der Waals surface area contributed by atoms with Gasteiger partial charge in [-0.25, -0.2) is 4.79 Å². The molecule has 1 atom stereocenters. The van der Waals surface area contributed by atoms with Crippen molar-refractivity contribution in [2.45, 2.75) is 57.2 Å². The van der Waals surface area contributed by atoms with E-state index < -0.39 is 16.9 Å². The molecular weight excluding hydrogens is 632 g/mol. The molecule has 13 nitrogen and oxygen atoms in total. The molecule has 1 unspecified atom stereocenters. The van der Waals surface area contributed by atoms with Gasteiger partial charge in [0.25, 0.3) is 5.69 Å². The van der Waals surface area contributed by atoms with E-state index in [9.17, 15) is 19.7 Å². The molecule has 1 aromatic rings. The summed E-state index contributed by atoms with van der Waals surface area (Å²) >= 11 is 1.24. The number of allylic oxidation sites excluding steroid dienone is 2. The molecule has 0 saturated carbocycles. The van der Waals surface area contributed by atoms with E-state index >= 15 is 0 Å². The van der Waals surface area contributed by atoms with Crippen LogP contribution in [0, 0.1) is 10.1 Å². The maximum Gasteiger partial charge on any atom is 0.329 e. The second kappa shape index (κ2) is 24.0. The van der Waals surface area contributed by atoms with Crippen LogP contribution in [0.2, 0.25) is 0 Å². The van der Waals surface area contributed by atoms with E-state index in [0.29, 0.717) is 57.6 Å². The highest BCUT2D eigenvalue weighted by atomic mass is 32.2. The second-order valence-corrected chi connectivity index (χ2v) is 11.8. The highest BCUT2D eigenvalue weighted by molar-refractivity contribution is 7.98. The van der Waals surface area contributed by atoms with E-state index in [0.717, 1.165) is 43.3 Å². The van der Waals surface area contributed by atoms with E-state index in [-0.39, 0.29) is 55.1 Å². The molecule has 0 saturated heterocycles. The summed E-state index contributed by atoms with van der Waals surface area (Å²) in [5.74, 6) is -0.162. The van der Waals surface area contributed by atoms with Crippen molar-refractivity contribution in [1.82, 2.24) is 5.32 Å². The Labute approximate surface area is 281 Å². The summed E-state index contributed by atoms with van der Waals surface area (Å²) in [4.78, 5) is 36.5. The van der Waals surface area contributed by atoms with Gasteiger partial charge >= 0.3 is 5.97 Å². The molecule has 1 amide bonds. The number of carbonyl (C=O) groups excluding carboxylic acids is 2. The molecule has 0 aromatic heterocycles. The van der Waals surface area contributed by atoms with Crippen LogP contribution in [0.25, 0.3) is 0 Å². The summed E-state index contributed by atoms with van der Waals surface area (Å²) in [6.07, 6.45) is 4.31. The molecule has 0 fully saturated rings. The van der Waals surface area contributed by atoms with Crippen molar-refractivity contribution in [1.29, 1.82) is 0 Å². The van der Waals surface area contributed by atoms with Gasteiger partial charge in [0.1, 0.15) is 19.3 Å². The van der Waals surface area contributed by atoms with E-state index in [1.165, 1.54) is 24.9 Å². The number of amides is 1. The van der Waals surface area contributed by atoms with Gasteiger partial charge in [0.2, 0.25) is 5.91 Å². The molecule has 2 aliphatic rings. The van der Waals surface area contributed by atoms with Crippen molar-refractivity contribution in [3.63, 3.8) is 0 Å². The van der Waals surface area contributed by atoms with Crippen LogP contribution in [0.1, 0.15) is 51.0 Å². The molecule has 0 spiro atoms. The van der Waals surface area contributed by atoms with Gasteiger partial charge in [-0.05, 0) is 45.1 Å². The average Bonchev–Trinajstić information content (AvgIpc) is 3.04. The van der Waals surface area contributed by atoms with Gasteiger partial charge in [-0.3, -0.25) is 14.9 Å². The Balaban J connectivity index is 2.14. The third-order valence-corrected chi connectivity index (χ3v) is 8.05. The van der Waals surface area contributed by atoms with Crippen molar-refractivity contribution in [2.75, 3.05) is 78.9 Å². The summed E-state index contributed by atoms with van der Waals surface area (Å²) in [5, 5.41) is 14.7. The summed E-state index contributed by atoms with van der Waals surface area (Å²) in [6.45, 7) is 13.4. The molecule has 14 heteroatoms. The number of nitrogens with zero attached hydrogens (tertiary/aromatic N) is 1. The number of carbonyl (C=O) groups is 2. The van der Waals surface area contributed by atoms with Gasteiger partial charge in [-0.2, -0.15) is 11.8 Å². The lowest BCUT2D eigenvalue weighted by molar-refractivity contribution is -0.385. The summed E-state index contributed by atoms with van der Waals surface area (Å²) < 4.78 is 39.2. The minimum atomic E-state index is -0.947. The monoisotopic (exact) mass is 682 g/mol. The number of thioether (sulfide) groups is 1. The van der Waals surface area contributed by atoms with E-state index in [2.05, 4.69) is 18.5 Å². The SMILES string of the molecule is C=C(C)C(=C)CCCOCCOc1cc2c([N+](=O)[O-])cc1OCCOCCCCCOCCOCCC(=O)NC(C(=O)OC)CSC2. The van der Waals surface area contributed by atoms with Gasteiger partial charge in [-0.1, -0.05) is 24.3 Å². The molecule has 3 rings (SSSR count). The van der Waals surface area contributed by atoms with Crippen LogP contribution >= 0.6 is 11.8 Å². The third-order valence-electron chi connectivity index (χ3n) is 6.97. The van der Waals surface area contributed by atoms with Gasteiger partial charge in [0.15, 0.2) is 11.5 Å². The van der Waals surface area contributed by atoms with E-state index in [4.69, 9.17) is 33.2 Å². The Morgan fingerprint density at radius 1 is 1.02 bits per heavy atom. The Hall–Kier alpha value is -3.17. The first kappa shape index (κ1) is 40.0. The zero-order chi connectivity index (χ0) is 34.3. The van der Waals surface area contributed by atoms with Crippen LogP contribution in [0.3, 0.4) is 0 Å². The van der Waals surface area contributed by atoms with Crippen molar-refractivity contribution >= 4 is 29.3 Å². The Kier molecular flexibility index (Phi) is 20.5. The number of esters is 1. The van der Waals surface area contributed by atoms with Crippen LogP contribution in [0.5, 0.6) is 11.5 Å². The Morgan fingerprint density at radius 3 is 2.40 bits per heavy atom. The molecular formula is C33H50N2O11S. The fourth-order valence-corrected chi connectivity index (χ4v) is 5.29. The fraction of sp³-hybridized carbons (Fsp3) is 0.636. The fourth-order valence-electron chi connectivity index (χ4n) is 4.26. The van der Waals surface area contributed by atoms with Gasteiger partial charge in [0, 0.05) is 43.3 Å². The van der Waals surface area contributed by atoms with Gasteiger partial charge in [-0.15, -0.1) is 0 Å². The van der Waals surface area contributed by atoms with E-state index in [1.807, 2.05) is 6.92 Å². The number of fused-ring (bicyclic) bond motifs is 22. The first-order valence-corrected chi connectivity index (χ1v) is 17.0. The van der Waals surface area contributed by atoms with E-state index in [1.54, 1.807) is 6.07 Å². The minimum Gasteiger partial charge on any atom is -0.487 e. The predicted molar refractivity (Wildman–Crippen MR) is 179 cm³/mol. The number of methoxy groups -OCH3 is 1. The molecule has 264 valence electrons. The molecule has 0 aliphatic carbocycles. The van der Waals surface area contributed by atoms with Crippen molar-refractivity contribution in [3.05, 3.63) is 52.1 Å². The minimum absolute atomic E-state index is 0.0549. The lowest BCUT2D eigenvalue weighted by Gasteiger charge is -2.17. The van der Waals surface area contributed by atoms with Crippen LogP contribution in [0.4, 0.5) is 5.69 Å². The number of rotatable bonds is 11. The van der Waals surface area contributed by atoms with Gasteiger partial charge < -0.3 is 38.5 Å². The highest BCUT2D eigenvalue weighted by Gasteiger charge is 2.24. The smallest absolute Gasteiger partial charge is 0.329 e. The predicted octanol–water partition coefficient (Wildman–Crippen LogP) is 4.80. The van der Waals surface area contributed by atoms with Gasteiger partial charge in [0.05, 0.1) is 51.1 Å². The number of benzene rings is 1. The summed E-state index contributed by atoms with van der Waals surface area (Å²) in [6, 6.07) is 1.97. The molecule has 0 radical (unpaired) electrons. The number of nitro groups is 1. The first-order valence-electron chi connectivity index (χ1n) is 15.9. The second-order valence-electron chi connectivity index (χ2n) is 10.8. The summed E-state index contributed by atoms with van der Waals surface area (Å²) in [5.41, 5.74) is 2.16. The molecule has 1 aromatic carbocycles.